The number of nitrogens with zero attached hydrogens (tertiary/aromatic N) is 3. The van der Waals surface area contributed by atoms with Gasteiger partial charge in [-0.2, -0.15) is 4.98 Å². The summed E-state index contributed by atoms with van der Waals surface area (Å²) in [6, 6.07) is 6.77. The van der Waals surface area contributed by atoms with Crippen LogP contribution in [0.25, 0.3) is 10.7 Å². The number of carbonyl (C=O) groups is 1. The van der Waals surface area contributed by atoms with Gasteiger partial charge in [-0.15, -0.1) is 11.3 Å². The maximum absolute atomic E-state index is 14.0. The number of hydrogen-bond donors (Lipinski definition) is 1. The molecule has 1 N–H and O–H groups in total. The molecule has 1 aliphatic heterocycles. The Labute approximate surface area is 162 Å². The third-order valence-corrected chi connectivity index (χ3v) is 5.13. The summed E-state index contributed by atoms with van der Waals surface area (Å²) >= 11 is 7.23. The summed E-state index contributed by atoms with van der Waals surface area (Å²) in [5.74, 6) is 0.109. The Morgan fingerprint density at radius 3 is 3.07 bits per heavy atom. The second kappa shape index (κ2) is 7.63. The molecule has 0 aliphatic carbocycles. The van der Waals surface area contributed by atoms with Gasteiger partial charge in [-0.05, 0) is 29.6 Å². The van der Waals surface area contributed by atoms with Gasteiger partial charge in [0.25, 0.3) is 5.89 Å². The zero-order valence-electron chi connectivity index (χ0n) is 13.9. The molecule has 2 amide bonds. The molecule has 1 saturated heterocycles. The summed E-state index contributed by atoms with van der Waals surface area (Å²) in [5, 5.41) is 8.69. The number of rotatable bonds is 3. The molecule has 27 heavy (non-hydrogen) atoms. The summed E-state index contributed by atoms with van der Waals surface area (Å²) in [5.41, 5.74) is 0.0412. The van der Waals surface area contributed by atoms with Crippen LogP contribution in [0.4, 0.5) is 14.9 Å². The van der Waals surface area contributed by atoms with Crippen LogP contribution >= 0.6 is 22.9 Å². The lowest BCUT2D eigenvalue weighted by atomic mass is 10.2. The summed E-state index contributed by atoms with van der Waals surface area (Å²) in [4.78, 5) is 19.4. The number of morpholine rings is 1. The quantitative estimate of drug-likeness (QED) is 0.702. The molecular weight excluding hydrogens is 395 g/mol. The molecule has 3 heterocycles. The Hall–Kier alpha value is -2.49. The Balaban J connectivity index is 1.54. The molecule has 1 aromatic carbocycles. The van der Waals surface area contributed by atoms with Gasteiger partial charge in [0.2, 0.25) is 5.82 Å². The number of ether oxygens (including phenoxy) is 1. The highest BCUT2D eigenvalue weighted by Gasteiger charge is 2.33. The molecule has 140 valence electrons. The van der Waals surface area contributed by atoms with E-state index in [2.05, 4.69) is 15.5 Å². The maximum Gasteiger partial charge on any atom is 0.322 e. The summed E-state index contributed by atoms with van der Waals surface area (Å²) in [7, 11) is 0. The van der Waals surface area contributed by atoms with Crippen molar-refractivity contribution in [3.05, 3.63) is 52.4 Å². The zero-order valence-corrected chi connectivity index (χ0v) is 15.5. The molecule has 1 atom stereocenters. The van der Waals surface area contributed by atoms with Crippen molar-refractivity contribution < 1.29 is 18.4 Å². The largest absolute Gasteiger partial charge is 0.377 e. The molecule has 0 radical (unpaired) electrons. The van der Waals surface area contributed by atoms with Crippen molar-refractivity contribution >= 4 is 34.7 Å². The molecule has 0 saturated carbocycles. The van der Waals surface area contributed by atoms with Gasteiger partial charge < -0.3 is 19.5 Å². The van der Waals surface area contributed by atoms with Gasteiger partial charge in [0.15, 0.2) is 0 Å². The van der Waals surface area contributed by atoms with E-state index in [-0.39, 0.29) is 23.2 Å². The van der Waals surface area contributed by atoms with Crippen molar-refractivity contribution in [2.45, 2.75) is 6.04 Å². The normalized spacial score (nSPS) is 17.1. The molecule has 2 aromatic heterocycles. The third-order valence-electron chi connectivity index (χ3n) is 4.03. The Morgan fingerprint density at radius 2 is 2.30 bits per heavy atom. The first-order chi connectivity index (χ1) is 13.1. The van der Waals surface area contributed by atoms with Crippen LogP contribution in [0.2, 0.25) is 5.02 Å². The van der Waals surface area contributed by atoms with Gasteiger partial charge in [-0.1, -0.05) is 22.8 Å². The van der Waals surface area contributed by atoms with Crippen LogP contribution < -0.4 is 5.32 Å². The minimum absolute atomic E-state index is 0.0412. The lowest BCUT2D eigenvalue weighted by molar-refractivity contribution is 0.00347. The molecule has 4 rings (SSSR count). The lowest BCUT2D eigenvalue weighted by Gasteiger charge is -2.33. The molecule has 7 nitrogen and oxygen atoms in total. The van der Waals surface area contributed by atoms with Gasteiger partial charge in [0.1, 0.15) is 11.9 Å². The fraction of sp³-hybridized carbons (Fsp3) is 0.235. The van der Waals surface area contributed by atoms with E-state index in [1.807, 2.05) is 17.5 Å². The molecule has 3 aromatic rings. The first-order valence-electron chi connectivity index (χ1n) is 8.10. The van der Waals surface area contributed by atoms with E-state index in [4.69, 9.17) is 20.9 Å². The second-order valence-electron chi connectivity index (χ2n) is 5.77. The fourth-order valence-corrected chi connectivity index (χ4v) is 3.51. The highest BCUT2D eigenvalue weighted by molar-refractivity contribution is 7.13. The first-order valence-corrected chi connectivity index (χ1v) is 9.35. The number of nitrogens with one attached hydrogen (secondary N) is 1. The van der Waals surface area contributed by atoms with Crippen LogP contribution in [0.5, 0.6) is 0 Å². The monoisotopic (exact) mass is 408 g/mol. The predicted octanol–water partition coefficient (Wildman–Crippen LogP) is 4.20. The van der Waals surface area contributed by atoms with E-state index < -0.39 is 17.9 Å². The van der Waals surface area contributed by atoms with Gasteiger partial charge >= 0.3 is 6.03 Å². The van der Waals surface area contributed by atoms with Gasteiger partial charge in [-0.25, -0.2) is 9.18 Å². The number of halogens is 2. The topological polar surface area (TPSA) is 80.5 Å². The molecule has 1 aliphatic rings. The van der Waals surface area contributed by atoms with Crippen LogP contribution in [-0.4, -0.2) is 40.8 Å². The Bertz CT molecular complexity index is 950. The Morgan fingerprint density at radius 1 is 1.41 bits per heavy atom. The van der Waals surface area contributed by atoms with Crippen LogP contribution in [-0.2, 0) is 4.74 Å². The standard InChI is InChI=1S/C17H14ClFN4O3S/c18-10-3-4-12(11(19)8-10)20-17(24)23-5-6-25-9-13(23)16-21-15(22-26-16)14-2-1-7-27-14/h1-4,7-8,13H,5-6,9H2,(H,20,24)/t13-/m0/s1. The number of benzene rings is 1. The number of carbonyl (C=O) groups excluding carboxylic acids is 1. The molecular formula is C17H14ClFN4O3S. The summed E-state index contributed by atoms with van der Waals surface area (Å²) in [6.45, 7) is 0.879. The second-order valence-corrected chi connectivity index (χ2v) is 7.16. The number of aromatic nitrogens is 2. The van der Waals surface area contributed by atoms with Gasteiger partial charge in [0, 0.05) is 11.6 Å². The fourth-order valence-electron chi connectivity index (χ4n) is 2.71. The number of thiophene rings is 1. The minimum Gasteiger partial charge on any atom is -0.377 e. The number of urea groups is 1. The third kappa shape index (κ3) is 3.80. The van der Waals surface area contributed by atoms with E-state index >= 15 is 0 Å². The summed E-state index contributed by atoms with van der Waals surface area (Å²) < 4.78 is 24.8. The maximum atomic E-state index is 14.0. The van der Waals surface area contributed by atoms with E-state index in [1.165, 1.54) is 28.4 Å². The van der Waals surface area contributed by atoms with Crippen molar-refractivity contribution in [2.75, 3.05) is 25.1 Å². The number of amides is 2. The van der Waals surface area contributed by atoms with Gasteiger partial charge in [-0.3, -0.25) is 0 Å². The molecule has 0 spiro atoms. The molecule has 1 fully saturated rings. The zero-order chi connectivity index (χ0) is 18.8. The van der Waals surface area contributed by atoms with E-state index in [0.29, 0.717) is 19.0 Å². The predicted molar refractivity (Wildman–Crippen MR) is 98.3 cm³/mol. The SMILES string of the molecule is O=C(Nc1ccc(Cl)cc1F)N1CCOC[C@H]1c1nc(-c2cccs2)no1. The van der Waals surface area contributed by atoms with Crippen molar-refractivity contribution in [3.8, 4) is 10.7 Å². The first kappa shape index (κ1) is 17.9. The van der Waals surface area contributed by atoms with Crippen molar-refractivity contribution in [3.63, 3.8) is 0 Å². The van der Waals surface area contributed by atoms with Gasteiger partial charge in [0.05, 0.1) is 23.8 Å². The molecule has 0 unspecified atom stereocenters. The molecule has 10 heteroatoms. The van der Waals surface area contributed by atoms with Crippen molar-refractivity contribution in [2.24, 2.45) is 0 Å². The average molecular weight is 409 g/mol. The van der Waals surface area contributed by atoms with Crippen molar-refractivity contribution in [1.82, 2.24) is 15.0 Å². The van der Waals surface area contributed by atoms with Crippen LogP contribution in [0, 0.1) is 5.82 Å². The van der Waals surface area contributed by atoms with E-state index in [0.717, 1.165) is 10.9 Å². The van der Waals surface area contributed by atoms with Crippen LogP contribution in [0.1, 0.15) is 11.9 Å². The molecule has 0 bridgehead atoms. The highest BCUT2D eigenvalue weighted by Crippen LogP contribution is 2.28. The van der Waals surface area contributed by atoms with E-state index in [9.17, 15) is 9.18 Å². The number of anilines is 1. The van der Waals surface area contributed by atoms with Crippen molar-refractivity contribution in [1.29, 1.82) is 0 Å². The summed E-state index contributed by atoms with van der Waals surface area (Å²) in [6.07, 6.45) is 0. The smallest absolute Gasteiger partial charge is 0.322 e. The lowest BCUT2D eigenvalue weighted by Crippen LogP contribution is -2.45. The minimum atomic E-state index is -0.613. The van der Waals surface area contributed by atoms with E-state index in [1.54, 1.807) is 0 Å². The highest BCUT2D eigenvalue weighted by atomic mass is 35.5. The van der Waals surface area contributed by atoms with Crippen LogP contribution in [0.15, 0.2) is 40.2 Å². The van der Waals surface area contributed by atoms with Crippen LogP contribution in [0.3, 0.4) is 0 Å². The number of hydrogen-bond acceptors (Lipinski definition) is 6. The Kier molecular flexibility index (Phi) is 5.06. The average Bonchev–Trinajstić information content (AvgIpc) is 3.35.